The smallest absolute Gasteiger partial charge is 0.305 e. The van der Waals surface area contributed by atoms with Crippen LogP contribution in [-0.2, 0) is 9.53 Å². The lowest BCUT2D eigenvalue weighted by Gasteiger charge is -2.07. The van der Waals surface area contributed by atoms with Crippen LogP contribution in [0.2, 0.25) is 0 Å². The van der Waals surface area contributed by atoms with Gasteiger partial charge in [0.2, 0.25) is 0 Å². The summed E-state index contributed by atoms with van der Waals surface area (Å²) in [5, 5.41) is 11.5. The van der Waals surface area contributed by atoms with Crippen molar-refractivity contribution in [2.45, 2.75) is 32.1 Å². The van der Waals surface area contributed by atoms with E-state index in [1.54, 1.807) is 12.1 Å². The van der Waals surface area contributed by atoms with Crippen molar-refractivity contribution in [1.29, 1.82) is 0 Å². The molecule has 0 aromatic heterocycles. The molecular formula is C18H22O4. The first-order chi connectivity index (χ1) is 10.7. The van der Waals surface area contributed by atoms with E-state index in [4.69, 9.17) is 4.74 Å². The molecule has 0 amide bonds. The van der Waals surface area contributed by atoms with Gasteiger partial charge in [0, 0.05) is 6.42 Å². The Kier molecular flexibility index (Phi) is 6.07. The molecule has 0 aliphatic carbocycles. The van der Waals surface area contributed by atoms with Gasteiger partial charge in [-0.15, -0.1) is 0 Å². The normalized spacial score (nSPS) is 10.6. The van der Waals surface area contributed by atoms with E-state index < -0.39 is 0 Å². The number of fused-ring (bicyclic) bond motifs is 1. The van der Waals surface area contributed by atoms with E-state index in [0.29, 0.717) is 13.0 Å². The SMILES string of the molecule is COC(=O)CCCCCCOc1ccc2ccc(O)cc2c1. The third-order valence-corrected chi connectivity index (χ3v) is 3.57. The highest BCUT2D eigenvalue weighted by Crippen LogP contribution is 2.24. The fourth-order valence-electron chi connectivity index (χ4n) is 2.32. The summed E-state index contributed by atoms with van der Waals surface area (Å²) >= 11 is 0. The lowest BCUT2D eigenvalue weighted by atomic mass is 10.1. The third kappa shape index (κ3) is 4.95. The van der Waals surface area contributed by atoms with Crippen molar-refractivity contribution in [2.75, 3.05) is 13.7 Å². The van der Waals surface area contributed by atoms with Crippen molar-refractivity contribution >= 4 is 16.7 Å². The quantitative estimate of drug-likeness (QED) is 0.590. The van der Waals surface area contributed by atoms with Crippen molar-refractivity contribution in [2.24, 2.45) is 0 Å². The molecule has 1 N–H and O–H groups in total. The fraction of sp³-hybridized carbons (Fsp3) is 0.389. The van der Waals surface area contributed by atoms with Crippen LogP contribution in [-0.4, -0.2) is 24.8 Å². The molecule has 0 atom stereocenters. The Labute approximate surface area is 130 Å². The molecule has 22 heavy (non-hydrogen) atoms. The van der Waals surface area contributed by atoms with E-state index in [0.717, 1.165) is 42.2 Å². The van der Waals surface area contributed by atoms with Gasteiger partial charge in [0.1, 0.15) is 11.5 Å². The largest absolute Gasteiger partial charge is 0.508 e. The molecule has 0 spiro atoms. The Morgan fingerprint density at radius 3 is 2.59 bits per heavy atom. The number of phenols is 1. The number of hydrogen-bond donors (Lipinski definition) is 1. The predicted octanol–water partition coefficient (Wildman–Crippen LogP) is 4.05. The number of benzene rings is 2. The topological polar surface area (TPSA) is 55.8 Å². The number of hydrogen-bond acceptors (Lipinski definition) is 4. The van der Waals surface area contributed by atoms with Crippen molar-refractivity contribution in [1.82, 2.24) is 0 Å². The summed E-state index contributed by atoms with van der Waals surface area (Å²) in [5.41, 5.74) is 0. The Balaban J connectivity index is 1.70. The first-order valence-corrected chi connectivity index (χ1v) is 7.61. The first kappa shape index (κ1) is 16.1. The van der Waals surface area contributed by atoms with E-state index in [9.17, 15) is 9.90 Å². The highest BCUT2D eigenvalue weighted by atomic mass is 16.5. The second-order valence-electron chi connectivity index (χ2n) is 5.28. The van der Waals surface area contributed by atoms with Gasteiger partial charge in [0.25, 0.3) is 0 Å². The molecule has 0 saturated carbocycles. The van der Waals surface area contributed by atoms with Crippen LogP contribution in [0.25, 0.3) is 10.8 Å². The van der Waals surface area contributed by atoms with E-state index in [1.165, 1.54) is 7.11 Å². The Bertz CT molecular complexity index is 622. The van der Waals surface area contributed by atoms with Crippen LogP contribution in [0.4, 0.5) is 0 Å². The minimum absolute atomic E-state index is 0.143. The zero-order chi connectivity index (χ0) is 15.8. The van der Waals surface area contributed by atoms with Crippen LogP contribution in [0.1, 0.15) is 32.1 Å². The summed E-state index contributed by atoms with van der Waals surface area (Å²) in [6.07, 6.45) is 4.35. The number of esters is 1. The maximum atomic E-state index is 11.0. The molecule has 0 unspecified atom stereocenters. The van der Waals surface area contributed by atoms with Crippen molar-refractivity contribution in [3.8, 4) is 11.5 Å². The number of ether oxygens (including phenoxy) is 2. The summed E-state index contributed by atoms with van der Waals surface area (Å²) in [6, 6.07) is 11.2. The highest BCUT2D eigenvalue weighted by molar-refractivity contribution is 5.85. The predicted molar refractivity (Wildman–Crippen MR) is 86.2 cm³/mol. The molecule has 4 nitrogen and oxygen atoms in total. The number of carbonyl (C=O) groups excluding carboxylic acids is 1. The lowest BCUT2D eigenvalue weighted by Crippen LogP contribution is -2.00. The van der Waals surface area contributed by atoms with E-state index in [1.807, 2.05) is 24.3 Å². The molecule has 0 aliphatic heterocycles. The molecule has 2 rings (SSSR count). The van der Waals surface area contributed by atoms with Crippen molar-refractivity contribution < 1.29 is 19.4 Å². The van der Waals surface area contributed by atoms with Gasteiger partial charge in [-0.25, -0.2) is 0 Å². The van der Waals surface area contributed by atoms with Gasteiger partial charge in [-0.05, 0) is 47.9 Å². The molecule has 118 valence electrons. The van der Waals surface area contributed by atoms with Gasteiger partial charge in [0.05, 0.1) is 13.7 Å². The number of phenolic OH excluding ortho intramolecular Hbond substituents is 1. The second kappa shape index (κ2) is 8.27. The van der Waals surface area contributed by atoms with Crippen molar-refractivity contribution in [3.63, 3.8) is 0 Å². The monoisotopic (exact) mass is 302 g/mol. The van der Waals surface area contributed by atoms with Gasteiger partial charge in [-0.3, -0.25) is 4.79 Å². The van der Waals surface area contributed by atoms with Gasteiger partial charge in [-0.1, -0.05) is 25.0 Å². The summed E-state index contributed by atoms with van der Waals surface area (Å²) in [6.45, 7) is 0.655. The van der Waals surface area contributed by atoms with Crippen LogP contribution in [0.3, 0.4) is 0 Å². The standard InChI is InChI=1S/C18H22O4/c1-21-18(20)6-4-2-3-5-11-22-17-10-8-14-7-9-16(19)12-15(14)13-17/h7-10,12-13,19H,2-6,11H2,1H3. The number of methoxy groups -OCH3 is 1. The van der Waals surface area contributed by atoms with Crippen LogP contribution in [0.15, 0.2) is 36.4 Å². The Hall–Kier alpha value is -2.23. The lowest BCUT2D eigenvalue weighted by molar-refractivity contribution is -0.140. The van der Waals surface area contributed by atoms with Crippen LogP contribution in [0.5, 0.6) is 11.5 Å². The van der Waals surface area contributed by atoms with E-state index in [2.05, 4.69) is 4.74 Å². The van der Waals surface area contributed by atoms with Crippen molar-refractivity contribution in [3.05, 3.63) is 36.4 Å². The molecule has 0 fully saturated rings. The van der Waals surface area contributed by atoms with E-state index in [-0.39, 0.29) is 11.7 Å². The summed E-state index contributed by atoms with van der Waals surface area (Å²) in [7, 11) is 1.42. The molecule has 0 bridgehead atoms. The van der Waals surface area contributed by atoms with Gasteiger partial charge >= 0.3 is 5.97 Å². The number of unbranched alkanes of at least 4 members (excludes halogenated alkanes) is 3. The first-order valence-electron chi connectivity index (χ1n) is 7.61. The summed E-state index contributed by atoms with van der Waals surface area (Å²) in [4.78, 5) is 11.0. The minimum Gasteiger partial charge on any atom is -0.508 e. The molecular weight excluding hydrogens is 280 g/mol. The zero-order valence-corrected chi connectivity index (χ0v) is 12.9. The van der Waals surface area contributed by atoms with Crippen LogP contribution < -0.4 is 4.74 Å². The van der Waals surface area contributed by atoms with Gasteiger partial charge in [0.15, 0.2) is 0 Å². The number of aromatic hydroxyl groups is 1. The molecule has 0 radical (unpaired) electrons. The van der Waals surface area contributed by atoms with Gasteiger partial charge in [-0.2, -0.15) is 0 Å². The summed E-state index contributed by atoms with van der Waals surface area (Å²) < 4.78 is 10.3. The number of carbonyl (C=O) groups is 1. The third-order valence-electron chi connectivity index (χ3n) is 3.57. The Morgan fingerprint density at radius 1 is 1.00 bits per heavy atom. The van der Waals surface area contributed by atoms with Crippen LogP contribution in [0, 0.1) is 0 Å². The Morgan fingerprint density at radius 2 is 1.77 bits per heavy atom. The number of rotatable bonds is 8. The van der Waals surface area contributed by atoms with Gasteiger partial charge < -0.3 is 14.6 Å². The zero-order valence-electron chi connectivity index (χ0n) is 12.9. The average Bonchev–Trinajstić information content (AvgIpc) is 2.53. The van der Waals surface area contributed by atoms with E-state index >= 15 is 0 Å². The summed E-state index contributed by atoms with van der Waals surface area (Å²) in [5.74, 6) is 0.929. The molecule has 4 heteroatoms. The average molecular weight is 302 g/mol. The molecule has 0 aliphatic rings. The van der Waals surface area contributed by atoms with Crippen LogP contribution >= 0.6 is 0 Å². The molecule has 0 heterocycles. The fourth-order valence-corrected chi connectivity index (χ4v) is 2.32. The molecule has 2 aromatic rings. The minimum atomic E-state index is -0.143. The molecule has 0 saturated heterocycles. The maximum Gasteiger partial charge on any atom is 0.305 e. The highest BCUT2D eigenvalue weighted by Gasteiger charge is 2.01. The maximum absolute atomic E-state index is 11.0. The molecule has 2 aromatic carbocycles. The second-order valence-corrected chi connectivity index (χ2v) is 5.28.